The van der Waals surface area contributed by atoms with Crippen LogP contribution < -0.4 is 15.0 Å². The lowest BCUT2D eigenvalue weighted by Crippen LogP contribution is -2.25. The lowest BCUT2D eigenvalue weighted by atomic mass is 9.93. The molecule has 0 aliphatic carbocycles. The van der Waals surface area contributed by atoms with Gasteiger partial charge in [-0.05, 0) is 50.1 Å². The highest BCUT2D eigenvalue weighted by atomic mass is 32.2. The molecule has 1 atom stereocenters. The first-order valence-electron chi connectivity index (χ1n) is 13.2. The van der Waals surface area contributed by atoms with Crippen molar-refractivity contribution in [3.05, 3.63) is 90.4 Å². The normalized spacial score (nSPS) is 15.2. The number of nitrogens with zero attached hydrogens (tertiary/aromatic N) is 1. The number of anilines is 2. The summed E-state index contributed by atoms with van der Waals surface area (Å²) in [6.07, 6.45) is 13.8. The minimum absolute atomic E-state index is 0.115. The van der Waals surface area contributed by atoms with E-state index in [1.807, 2.05) is 49.5 Å². The maximum atomic E-state index is 11.2. The van der Waals surface area contributed by atoms with Crippen LogP contribution in [0.5, 0.6) is 5.75 Å². The van der Waals surface area contributed by atoms with E-state index in [9.17, 15) is 25.7 Å². The van der Waals surface area contributed by atoms with E-state index in [4.69, 9.17) is 9.29 Å². The second-order valence-electron chi connectivity index (χ2n) is 9.09. The zero-order chi connectivity index (χ0) is 29.6. The Morgan fingerprint density at radius 2 is 1.75 bits per heavy atom. The molecule has 0 amide bonds. The van der Waals surface area contributed by atoms with Crippen LogP contribution in [0.2, 0.25) is 0 Å². The molecule has 40 heavy (non-hydrogen) atoms. The van der Waals surface area contributed by atoms with Crippen molar-refractivity contribution in [1.82, 2.24) is 0 Å². The molecular formula is C28H37BF4N2O4S. The summed E-state index contributed by atoms with van der Waals surface area (Å²) in [6, 6.07) is 16.3. The summed E-state index contributed by atoms with van der Waals surface area (Å²) in [5, 5.41) is 3.26. The van der Waals surface area contributed by atoms with Crippen molar-refractivity contribution in [2.75, 3.05) is 29.1 Å². The molecule has 0 saturated heterocycles. The molecule has 3 N–H and O–H groups in total. The number of rotatable bonds is 13. The molecule has 0 aromatic heterocycles. The van der Waals surface area contributed by atoms with Crippen molar-refractivity contribution >= 4 is 28.7 Å². The molecule has 0 fully saturated rings. The zero-order valence-electron chi connectivity index (χ0n) is 22.7. The molecule has 1 heterocycles. The van der Waals surface area contributed by atoms with Gasteiger partial charge in [-0.25, -0.2) is 0 Å². The summed E-state index contributed by atoms with van der Waals surface area (Å²) in [7, 11) is -9.70. The lowest BCUT2D eigenvalue weighted by Gasteiger charge is -2.27. The Morgan fingerprint density at radius 3 is 2.38 bits per heavy atom. The van der Waals surface area contributed by atoms with Gasteiger partial charge >= 0.3 is 17.4 Å². The van der Waals surface area contributed by atoms with Gasteiger partial charge in [-0.3, -0.25) is 0 Å². The van der Waals surface area contributed by atoms with Gasteiger partial charge in [0, 0.05) is 54.6 Å². The van der Waals surface area contributed by atoms with E-state index in [1.165, 1.54) is 0 Å². The Bertz CT molecular complexity index is 1250. The number of allylic oxidation sites excluding steroid dienone is 5. The van der Waals surface area contributed by atoms with Crippen molar-refractivity contribution in [2.45, 2.75) is 45.4 Å². The van der Waals surface area contributed by atoms with Gasteiger partial charge in [-0.2, -0.15) is 8.42 Å². The third-order valence-corrected chi connectivity index (χ3v) is 6.70. The van der Waals surface area contributed by atoms with Crippen LogP contribution in [-0.4, -0.2) is 39.1 Å². The molecule has 0 saturated carbocycles. The van der Waals surface area contributed by atoms with Crippen LogP contribution in [0.3, 0.4) is 0 Å². The zero-order valence-corrected chi connectivity index (χ0v) is 23.5. The van der Waals surface area contributed by atoms with Crippen LogP contribution >= 0.6 is 0 Å². The molecule has 2 aromatic rings. The fourth-order valence-electron chi connectivity index (χ4n) is 4.03. The highest BCUT2D eigenvalue weighted by Gasteiger charge is 2.22. The summed E-state index contributed by atoms with van der Waals surface area (Å²) in [4.78, 5) is 2.13. The van der Waals surface area contributed by atoms with Crippen molar-refractivity contribution in [1.29, 1.82) is 0 Å². The van der Waals surface area contributed by atoms with Crippen LogP contribution in [0.4, 0.5) is 28.6 Å². The minimum atomic E-state index is -6.00. The smallest absolute Gasteiger partial charge is 0.462 e. The number of fused-ring (bicyclic) bond motifs is 1. The molecule has 12 heteroatoms. The van der Waals surface area contributed by atoms with Gasteiger partial charge in [0.05, 0.1) is 0 Å². The molecule has 6 nitrogen and oxygen atoms in total. The Labute approximate surface area is 234 Å². The van der Waals surface area contributed by atoms with Gasteiger partial charge in [-0.1, -0.05) is 49.8 Å². The molecule has 0 spiro atoms. The molecule has 220 valence electrons. The topological polar surface area (TPSA) is 81.5 Å². The van der Waals surface area contributed by atoms with Crippen LogP contribution in [0.1, 0.15) is 51.0 Å². The van der Waals surface area contributed by atoms with Crippen molar-refractivity contribution < 1.29 is 35.0 Å². The number of hydrogen-bond acceptors (Lipinski definition) is 5. The highest BCUT2D eigenvalue weighted by Crippen LogP contribution is 2.39. The van der Waals surface area contributed by atoms with Crippen LogP contribution in [0.25, 0.3) is 0 Å². The Morgan fingerprint density at radius 1 is 1.05 bits per heavy atom. The molecule has 2 aromatic carbocycles. The highest BCUT2D eigenvalue weighted by molar-refractivity contribution is 7.85. The third-order valence-electron chi connectivity index (χ3n) is 5.88. The number of nitrogens with one attached hydrogen (secondary N) is 1. The molecule has 0 radical (unpaired) electrons. The van der Waals surface area contributed by atoms with Gasteiger partial charge in [0.15, 0.2) is 0 Å². The van der Waals surface area contributed by atoms with Gasteiger partial charge in [0.25, 0.3) is 0 Å². The van der Waals surface area contributed by atoms with Crippen molar-refractivity contribution in [3.8, 4) is 5.75 Å². The summed E-state index contributed by atoms with van der Waals surface area (Å²) in [6.45, 7) is 5.54. The summed E-state index contributed by atoms with van der Waals surface area (Å²) in [5.41, 5.74) is 3.16. The van der Waals surface area contributed by atoms with Crippen molar-refractivity contribution in [2.24, 2.45) is 0 Å². The number of ether oxygens (including phenoxy) is 1. The fraction of sp³-hybridized carbons (Fsp3) is 0.357. The number of unbranched alkanes of at least 4 members (excludes halogenated alkanes) is 1. The number of benzene rings is 2. The standard InChI is InChI=1S/C28H36N2O4S.BF4/c1-3-5-15-26-21-23(12-9-10-18-29-24-13-7-6-8-14-24)27-17-16-25(22-28(27)34-26)30(4-2)19-11-20-35(31,32)33;2-1(3,4)5/h6-10,12-14,16-18,21-23,29H,3-5,11,15,19-20H2,1-2H3,(H,31,32,33);/q;-1/p+1/b12-9+,18-10+;. The molecule has 1 unspecified atom stereocenters. The Hall–Kier alpha value is -3.25. The molecule has 1 aliphatic heterocycles. The number of hydrogen-bond donors (Lipinski definition) is 1. The van der Waals surface area contributed by atoms with Gasteiger partial charge < -0.3 is 36.8 Å². The summed E-state index contributed by atoms with van der Waals surface area (Å²) < 4.78 is 74.8. The second kappa shape index (κ2) is 16.1. The minimum Gasteiger partial charge on any atom is -0.462 e. The number of halogens is 4. The van der Waals surface area contributed by atoms with Crippen LogP contribution in [-0.2, 0) is 10.1 Å². The lowest BCUT2D eigenvalue weighted by molar-refractivity contribution is 0.368. The van der Waals surface area contributed by atoms with Crippen LogP contribution in [0.15, 0.2) is 84.8 Å². The predicted molar refractivity (Wildman–Crippen MR) is 156 cm³/mol. The van der Waals surface area contributed by atoms with Gasteiger partial charge in [0.1, 0.15) is 17.3 Å². The Kier molecular flexibility index (Phi) is 13.3. The molecule has 1 aliphatic rings. The monoisotopic (exact) mass is 584 g/mol. The second-order valence-corrected chi connectivity index (χ2v) is 10.7. The van der Waals surface area contributed by atoms with E-state index >= 15 is 0 Å². The Balaban J connectivity index is 0.00000103. The average Bonchev–Trinajstić information content (AvgIpc) is 2.88. The molecule has 0 bridgehead atoms. The summed E-state index contributed by atoms with van der Waals surface area (Å²) >= 11 is 0. The van der Waals surface area contributed by atoms with Crippen LogP contribution in [0, 0.1) is 0 Å². The van der Waals surface area contributed by atoms with Gasteiger partial charge in [0.2, 0.25) is 0 Å². The first-order chi connectivity index (χ1) is 18.9. The predicted octanol–water partition coefficient (Wildman–Crippen LogP) is 6.99. The molecule has 3 rings (SSSR count). The first kappa shape index (κ1) is 33.0. The van der Waals surface area contributed by atoms with Crippen molar-refractivity contribution in [3.63, 3.8) is 0 Å². The number of para-hydroxylation sites is 1. The first-order valence-corrected chi connectivity index (χ1v) is 14.8. The maximum absolute atomic E-state index is 11.2. The van der Waals surface area contributed by atoms with E-state index in [0.29, 0.717) is 13.0 Å². The summed E-state index contributed by atoms with van der Waals surface area (Å²) in [5.74, 6) is 1.82. The fourth-order valence-corrected chi connectivity index (χ4v) is 4.54. The van der Waals surface area contributed by atoms with E-state index in [1.54, 1.807) is 0 Å². The van der Waals surface area contributed by atoms with E-state index < -0.39 is 17.4 Å². The van der Waals surface area contributed by atoms with Gasteiger partial charge in [-0.15, -0.1) is 0 Å². The third kappa shape index (κ3) is 13.2. The van der Waals surface area contributed by atoms with E-state index in [0.717, 1.165) is 54.3 Å². The SMILES string of the molecule is CCCCC1=CC(/C=C/C=C/Nc2ccccc2)c2ccc(N(CC)CCCS(=O)(=O)[OH2+])cc2O1.F[B-](F)(F)F. The average molecular weight is 584 g/mol. The van der Waals surface area contributed by atoms with E-state index in [2.05, 4.69) is 53.6 Å². The molecular weight excluding hydrogens is 547 g/mol. The largest absolute Gasteiger partial charge is 0.673 e. The maximum Gasteiger partial charge on any atom is 0.673 e. The van der Waals surface area contributed by atoms with E-state index in [-0.39, 0.29) is 11.7 Å². The quantitative estimate of drug-likeness (QED) is 0.119.